The number of aromatic amines is 1. The van der Waals surface area contributed by atoms with Crippen LogP contribution in [0, 0.1) is 24.0 Å². The van der Waals surface area contributed by atoms with Gasteiger partial charge < -0.3 is 15.0 Å². The predicted octanol–water partition coefficient (Wildman–Crippen LogP) is 3.47. The molecule has 0 bridgehead atoms. The van der Waals surface area contributed by atoms with Crippen LogP contribution in [0.2, 0.25) is 0 Å². The molecule has 2 aromatic heterocycles. The number of aryl methyl sites for hydroxylation is 2. The fraction of sp³-hybridized carbons (Fsp3) is 0.278. The molecule has 2 heterocycles. The Balaban J connectivity index is 1.93. The van der Waals surface area contributed by atoms with Gasteiger partial charge in [-0.25, -0.2) is 9.78 Å². The van der Waals surface area contributed by atoms with E-state index in [9.17, 15) is 19.7 Å². The van der Waals surface area contributed by atoms with E-state index in [4.69, 9.17) is 4.74 Å². The number of carbonyl (C=O) groups excluding carboxylic acids is 1. The van der Waals surface area contributed by atoms with Gasteiger partial charge in [-0.3, -0.25) is 14.9 Å². The molecule has 0 radical (unpaired) electrons. The number of benzene rings is 1. The normalized spacial score (nSPS) is 12.0. The average molecular weight is 402 g/mol. The molecule has 0 saturated heterocycles. The van der Waals surface area contributed by atoms with Gasteiger partial charge in [-0.1, -0.05) is 0 Å². The molecule has 0 fully saturated rings. The van der Waals surface area contributed by atoms with Gasteiger partial charge in [-0.15, -0.1) is 11.3 Å². The van der Waals surface area contributed by atoms with Crippen molar-refractivity contribution in [3.05, 3.63) is 60.5 Å². The summed E-state index contributed by atoms with van der Waals surface area (Å²) >= 11 is 1.39. The second kappa shape index (κ2) is 7.39. The van der Waals surface area contributed by atoms with Crippen LogP contribution in [0.15, 0.2) is 23.0 Å². The molecule has 0 aliphatic rings. The van der Waals surface area contributed by atoms with Crippen molar-refractivity contribution in [1.82, 2.24) is 9.97 Å². The molecule has 9 nitrogen and oxygen atoms in total. The van der Waals surface area contributed by atoms with E-state index < -0.39 is 17.0 Å². The number of nitrogens with one attached hydrogen (secondary N) is 2. The number of ether oxygens (including phenoxy) is 1. The Bertz CT molecular complexity index is 1150. The Morgan fingerprint density at radius 1 is 1.39 bits per heavy atom. The SMILES string of the molecule is CNc1ccc([N+](=O)[O-])cc1C(=O)O[C@@H](C)c1nc2sc(C)c(C)c2c(=O)[nH]1. The molecule has 10 heteroatoms. The van der Waals surface area contributed by atoms with E-state index in [1.54, 1.807) is 14.0 Å². The number of hydrogen-bond acceptors (Lipinski definition) is 8. The maximum atomic E-state index is 12.6. The first-order chi connectivity index (χ1) is 13.2. The second-order valence-corrected chi connectivity index (χ2v) is 7.40. The molecule has 0 unspecified atom stereocenters. The molecule has 0 amide bonds. The van der Waals surface area contributed by atoms with Crippen LogP contribution in [0.5, 0.6) is 0 Å². The number of esters is 1. The van der Waals surface area contributed by atoms with Crippen LogP contribution < -0.4 is 10.9 Å². The van der Waals surface area contributed by atoms with E-state index in [0.29, 0.717) is 15.9 Å². The summed E-state index contributed by atoms with van der Waals surface area (Å²) in [4.78, 5) is 44.0. The number of hydrogen-bond donors (Lipinski definition) is 2. The Kier molecular flexibility index (Phi) is 5.14. The molecule has 0 saturated carbocycles. The summed E-state index contributed by atoms with van der Waals surface area (Å²) < 4.78 is 5.41. The molecule has 146 valence electrons. The van der Waals surface area contributed by atoms with E-state index in [1.807, 2.05) is 13.8 Å². The first-order valence-corrected chi connectivity index (χ1v) is 9.21. The number of non-ortho nitro benzene ring substituents is 1. The highest BCUT2D eigenvalue weighted by Crippen LogP contribution is 2.28. The fourth-order valence-electron chi connectivity index (χ4n) is 2.78. The van der Waals surface area contributed by atoms with Gasteiger partial charge in [0.1, 0.15) is 4.83 Å². The predicted molar refractivity (Wildman–Crippen MR) is 106 cm³/mol. The highest BCUT2D eigenvalue weighted by Gasteiger charge is 2.22. The summed E-state index contributed by atoms with van der Waals surface area (Å²) in [5.74, 6) is -0.551. The number of carbonyl (C=O) groups is 1. The van der Waals surface area contributed by atoms with Crippen molar-refractivity contribution in [2.75, 3.05) is 12.4 Å². The Morgan fingerprint density at radius 3 is 2.75 bits per heavy atom. The number of anilines is 1. The first kappa shape index (κ1) is 19.5. The molecule has 1 atom stereocenters. The van der Waals surface area contributed by atoms with E-state index in [0.717, 1.165) is 16.5 Å². The van der Waals surface area contributed by atoms with Gasteiger partial charge in [0.2, 0.25) is 0 Å². The lowest BCUT2D eigenvalue weighted by molar-refractivity contribution is -0.384. The Hall–Kier alpha value is -3.27. The van der Waals surface area contributed by atoms with Crippen LogP contribution in [-0.2, 0) is 4.74 Å². The lowest BCUT2D eigenvalue weighted by Crippen LogP contribution is -2.18. The number of thiophene rings is 1. The largest absolute Gasteiger partial charge is 0.451 e. The number of nitro benzene ring substituents is 1. The Labute approximate surface area is 163 Å². The van der Waals surface area contributed by atoms with E-state index in [-0.39, 0.29) is 22.6 Å². The van der Waals surface area contributed by atoms with Gasteiger partial charge in [0.15, 0.2) is 11.9 Å². The molecule has 28 heavy (non-hydrogen) atoms. The topological polar surface area (TPSA) is 127 Å². The highest BCUT2D eigenvalue weighted by atomic mass is 32.1. The van der Waals surface area contributed by atoms with Crippen LogP contribution in [0.4, 0.5) is 11.4 Å². The number of aromatic nitrogens is 2. The number of nitro groups is 1. The van der Waals surface area contributed by atoms with Crippen molar-refractivity contribution in [3.8, 4) is 0 Å². The lowest BCUT2D eigenvalue weighted by Gasteiger charge is -2.14. The van der Waals surface area contributed by atoms with Crippen molar-refractivity contribution < 1.29 is 14.5 Å². The molecule has 0 spiro atoms. The zero-order valence-corrected chi connectivity index (χ0v) is 16.5. The third-order valence-electron chi connectivity index (χ3n) is 4.43. The summed E-state index contributed by atoms with van der Waals surface area (Å²) in [7, 11) is 1.59. The summed E-state index contributed by atoms with van der Waals surface area (Å²) in [5.41, 5.74) is 0.770. The third kappa shape index (κ3) is 3.46. The highest BCUT2D eigenvalue weighted by molar-refractivity contribution is 7.18. The van der Waals surface area contributed by atoms with Crippen molar-refractivity contribution in [3.63, 3.8) is 0 Å². The molecule has 0 aliphatic heterocycles. The van der Waals surface area contributed by atoms with Crippen LogP contribution in [-0.4, -0.2) is 27.9 Å². The first-order valence-electron chi connectivity index (χ1n) is 8.40. The molecule has 0 aliphatic carbocycles. The van der Waals surface area contributed by atoms with Crippen molar-refractivity contribution in [2.45, 2.75) is 26.9 Å². The van der Waals surface area contributed by atoms with E-state index in [1.165, 1.54) is 23.5 Å². The number of fused-ring (bicyclic) bond motifs is 1. The average Bonchev–Trinajstić information content (AvgIpc) is 2.95. The summed E-state index contributed by atoms with van der Waals surface area (Å²) in [6, 6.07) is 3.87. The van der Waals surface area contributed by atoms with Crippen LogP contribution in [0.25, 0.3) is 10.2 Å². The fourth-order valence-corrected chi connectivity index (χ4v) is 3.81. The maximum absolute atomic E-state index is 12.6. The number of H-pyrrole nitrogens is 1. The summed E-state index contributed by atoms with van der Waals surface area (Å²) in [5, 5.41) is 14.3. The summed E-state index contributed by atoms with van der Waals surface area (Å²) in [6.07, 6.45) is -0.851. The quantitative estimate of drug-likeness (QED) is 0.380. The van der Waals surface area contributed by atoms with Gasteiger partial charge in [-0.2, -0.15) is 0 Å². The number of rotatable bonds is 5. The molecule has 2 N–H and O–H groups in total. The monoisotopic (exact) mass is 402 g/mol. The minimum Gasteiger partial charge on any atom is -0.451 e. The molecule has 1 aromatic carbocycles. The minimum absolute atomic E-state index is 0.0230. The van der Waals surface area contributed by atoms with Crippen LogP contribution in [0.3, 0.4) is 0 Å². The van der Waals surface area contributed by atoms with Gasteiger partial charge in [0.25, 0.3) is 11.2 Å². The summed E-state index contributed by atoms with van der Waals surface area (Å²) in [6.45, 7) is 5.34. The zero-order valence-electron chi connectivity index (χ0n) is 15.7. The van der Waals surface area contributed by atoms with Crippen LogP contribution >= 0.6 is 11.3 Å². The minimum atomic E-state index is -0.851. The Morgan fingerprint density at radius 2 is 2.11 bits per heavy atom. The second-order valence-electron chi connectivity index (χ2n) is 6.20. The molecular weight excluding hydrogens is 384 g/mol. The molecule has 3 aromatic rings. The lowest BCUT2D eigenvalue weighted by atomic mass is 10.1. The standard InChI is InChI=1S/C18H18N4O5S/c1-8-10(3)28-17-14(8)16(23)20-15(21-17)9(2)27-18(24)12-7-11(22(25)26)5-6-13(12)19-4/h5-7,9,19H,1-4H3,(H,20,21,23)/t9-/m0/s1. The van der Waals surface area contributed by atoms with Crippen molar-refractivity contribution >= 4 is 38.9 Å². The van der Waals surface area contributed by atoms with E-state index >= 15 is 0 Å². The van der Waals surface area contributed by atoms with Gasteiger partial charge in [0, 0.05) is 29.7 Å². The zero-order chi connectivity index (χ0) is 20.6. The number of nitrogens with zero attached hydrogens (tertiary/aromatic N) is 2. The molecule has 3 rings (SSSR count). The maximum Gasteiger partial charge on any atom is 0.341 e. The van der Waals surface area contributed by atoms with Crippen LogP contribution in [0.1, 0.15) is 39.7 Å². The van der Waals surface area contributed by atoms with Gasteiger partial charge >= 0.3 is 5.97 Å². The van der Waals surface area contributed by atoms with E-state index in [2.05, 4.69) is 15.3 Å². The van der Waals surface area contributed by atoms with Crippen molar-refractivity contribution in [2.24, 2.45) is 0 Å². The third-order valence-corrected chi connectivity index (χ3v) is 5.53. The van der Waals surface area contributed by atoms with Gasteiger partial charge in [-0.05, 0) is 32.4 Å². The smallest absolute Gasteiger partial charge is 0.341 e. The molecular formula is C18H18N4O5S. The van der Waals surface area contributed by atoms with Gasteiger partial charge in [0.05, 0.1) is 15.9 Å². The van der Waals surface area contributed by atoms with Crippen molar-refractivity contribution in [1.29, 1.82) is 0 Å².